The molecule has 0 unspecified atom stereocenters. The Morgan fingerprint density at radius 3 is 0.885 bits per heavy atom. The molecule has 0 bridgehead atoms. The summed E-state index contributed by atoms with van der Waals surface area (Å²) in [5.41, 5.74) is -0.151. The monoisotopic (exact) mass is 757 g/mol. The number of esters is 1. The van der Waals surface area contributed by atoms with Crippen molar-refractivity contribution >= 4 is 12.1 Å². The Morgan fingerprint density at radius 1 is 0.423 bits per heavy atom. The lowest BCUT2D eigenvalue weighted by molar-refractivity contribution is -0.140. The van der Waals surface area contributed by atoms with Crippen molar-refractivity contribution in [3.05, 3.63) is 12.2 Å². The molecular formula is C35H67NO16. The Morgan fingerprint density at radius 2 is 0.654 bits per heavy atom. The summed E-state index contributed by atoms with van der Waals surface area (Å²) in [5.74, 6) is -0.417. The Kier molecular flexibility index (Phi) is 37.2. The quantitative estimate of drug-likeness (QED) is 0.0544. The lowest BCUT2D eigenvalue weighted by atomic mass is 10.2. The van der Waals surface area contributed by atoms with Crippen LogP contribution in [0.2, 0.25) is 0 Å². The normalized spacial score (nSPS) is 11.5. The van der Waals surface area contributed by atoms with Crippen molar-refractivity contribution in [2.75, 3.05) is 172 Å². The molecule has 0 aliphatic rings. The molecule has 0 aliphatic carbocycles. The van der Waals surface area contributed by atoms with E-state index in [0.717, 1.165) is 0 Å². The molecule has 0 rings (SSSR count). The van der Waals surface area contributed by atoms with Gasteiger partial charge in [-0.25, -0.2) is 9.59 Å². The molecule has 0 radical (unpaired) electrons. The van der Waals surface area contributed by atoms with Crippen LogP contribution in [-0.2, 0) is 71.1 Å². The first kappa shape index (κ1) is 50.0. The zero-order chi connectivity index (χ0) is 38.2. The van der Waals surface area contributed by atoms with E-state index < -0.39 is 17.7 Å². The zero-order valence-electron chi connectivity index (χ0n) is 32.1. The lowest BCUT2D eigenvalue weighted by Crippen LogP contribution is -2.34. The van der Waals surface area contributed by atoms with Gasteiger partial charge in [-0.05, 0) is 27.7 Å². The average Bonchev–Trinajstić information content (AvgIpc) is 3.09. The Balaban J connectivity index is 3.11. The maximum absolute atomic E-state index is 11.5. The van der Waals surface area contributed by atoms with Gasteiger partial charge in [-0.15, -0.1) is 0 Å². The highest BCUT2D eigenvalue weighted by Gasteiger charge is 2.15. The third-order valence-electron chi connectivity index (χ3n) is 5.82. The van der Waals surface area contributed by atoms with E-state index in [2.05, 4.69) is 11.9 Å². The molecule has 17 heteroatoms. The van der Waals surface area contributed by atoms with Gasteiger partial charge in [-0.2, -0.15) is 0 Å². The van der Waals surface area contributed by atoms with Gasteiger partial charge in [-0.1, -0.05) is 6.58 Å². The fraction of sp³-hybridized carbons (Fsp3) is 0.886. The van der Waals surface area contributed by atoms with E-state index in [1.54, 1.807) is 6.92 Å². The van der Waals surface area contributed by atoms with E-state index in [-0.39, 0.29) is 6.61 Å². The summed E-state index contributed by atoms with van der Waals surface area (Å²) in [7, 11) is 0. The van der Waals surface area contributed by atoms with Crippen molar-refractivity contribution in [2.45, 2.75) is 33.3 Å². The number of hydrogen-bond donors (Lipinski definition) is 1. The van der Waals surface area contributed by atoms with E-state index in [4.69, 9.17) is 66.3 Å². The van der Waals surface area contributed by atoms with Crippen LogP contribution in [0, 0.1) is 0 Å². The Labute approximate surface area is 310 Å². The largest absolute Gasteiger partial charge is 0.460 e. The molecule has 0 spiro atoms. The number of amides is 1. The van der Waals surface area contributed by atoms with Gasteiger partial charge in [0.2, 0.25) is 0 Å². The minimum Gasteiger partial charge on any atom is -0.460 e. The van der Waals surface area contributed by atoms with Crippen LogP contribution in [0.4, 0.5) is 4.79 Å². The summed E-state index contributed by atoms with van der Waals surface area (Å²) in [5, 5.41) is 2.63. The highest BCUT2D eigenvalue weighted by molar-refractivity contribution is 5.86. The standard InChI is InChI=1S/C35H67NO16/c1-32(2)33(37)51-31-30-50-29-28-49-27-26-48-25-24-47-23-22-46-21-20-45-19-18-44-17-16-43-15-14-42-13-12-41-11-10-40-9-8-39-7-6-36-34(38)52-35(3,4)5/h1,6-31H2,2-5H3,(H,36,38). The van der Waals surface area contributed by atoms with Gasteiger partial charge in [0.1, 0.15) is 12.2 Å². The van der Waals surface area contributed by atoms with Crippen molar-refractivity contribution < 1.29 is 75.9 Å². The molecule has 0 atom stereocenters. The van der Waals surface area contributed by atoms with Crippen molar-refractivity contribution in [2.24, 2.45) is 0 Å². The second-order valence-corrected chi connectivity index (χ2v) is 11.7. The van der Waals surface area contributed by atoms with E-state index in [0.29, 0.717) is 171 Å². The van der Waals surface area contributed by atoms with Gasteiger partial charge in [0, 0.05) is 12.1 Å². The minimum atomic E-state index is -0.516. The number of carbonyl (C=O) groups is 2. The highest BCUT2D eigenvalue weighted by atomic mass is 16.6. The molecule has 0 saturated heterocycles. The molecule has 0 fully saturated rings. The predicted octanol–water partition coefficient (Wildman–Crippen LogP) is 1.83. The fourth-order valence-corrected chi connectivity index (χ4v) is 3.38. The lowest BCUT2D eigenvalue weighted by Gasteiger charge is -2.19. The summed E-state index contributed by atoms with van der Waals surface area (Å²) in [6.45, 7) is 22.2. The number of hydrogen-bond acceptors (Lipinski definition) is 16. The zero-order valence-corrected chi connectivity index (χ0v) is 32.1. The minimum absolute atomic E-state index is 0.194. The predicted molar refractivity (Wildman–Crippen MR) is 190 cm³/mol. The van der Waals surface area contributed by atoms with E-state index in [9.17, 15) is 9.59 Å². The van der Waals surface area contributed by atoms with Crippen LogP contribution >= 0.6 is 0 Å². The van der Waals surface area contributed by atoms with Crippen molar-refractivity contribution in [1.29, 1.82) is 0 Å². The molecule has 1 N–H and O–H groups in total. The molecule has 308 valence electrons. The number of alkyl carbamates (subject to hydrolysis) is 1. The molecule has 0 aromatic carbocycles. The topological polar surface area (TPSA) is 175 Å². The van der Waals surface area contributed by atoms with Gasteiger partial charge in [0.25, 0.3) is 0 Å². The van der Waals surface area contributed by atoms with Crippen molar-refractivity contribution in [3.8, 4) is 0 Å². The summed E-state index contributed by atoms with van der Waals surface area (Å²) >= 11 is 0. The molecular weight excluding hydrogens is 690 g/mol. The summed E-state index contributed by atoms with van der Waals surface area (Å²) in [4.78, 5) is 22.7. The van der Waals surface area contributed by atoms with Gasteiger partial charge in [-0.3, -0.25) is 0 Å². The summed E-state index contributed by atoms with van der Waals surface area (Å²) < 4.78 is 75.3. The first-order valence-electron chi connectivity index (χ1n) is 17.9. The van der Waals surface area contributed by atoms with Gasteiger partial charge in [0.15, 0.2) is 0 Å². The van der Waals surface area contributed by atoms with Crippen LogP contribution in [0.5, 0.6) is 0 Å². The number of nitrogens with one attached hydrogen (secondary N) is 1. The maximum Gasteiger partial charge on any atom is 0.407 e. The van der Waals surface area contributed by atoms with Crippen LogP contribution in [0.1, 0.15) is 27.7 Å². The number of carbonyl (C=O) groups excluding carboxylic acids is 2. The summed E-state index contributed by atoms with van der Waals surface area (Å²) in [6.07, 6.45) is -0.457. The average molecular weight is 758 g/mol. The third-order valence-corrected chi connectivity index (χ3v) is 5.82. The third kappa shape index (κ3) is 42.4. The van der Waals surface area contributed by atoms with Gasteiger partial charge >= 0.3 is 12.1 Å². The second-order valence-electron chi connectivity index (χ2n) is 11.7. The molecule has 0 aromatic heterocycles. The van der Waals surface area contributed by atoms with Crippen molar-refractivity contribution in [1.82, 2.24) is 5.32 Å². The highest BCUT2D eigenvalue weighted by Crippen LogP contribution is 2.06. The van der Waals surface area contributed by atoms with Crippen LogP contribution in [0.15, 0.2) is 12.2 Å². The molecule has 1 amide bonds. The second kappa shape index (κ2) is 38.7. The first-order chi connectivity index (χ1) is 25.2. The Bertz CT molecular complexity index is 814. The van der Waals surface area contributed by atoms with E-state index in [1.165, 1.54) is 0 Å². The van der Waals surface area contributed by atoms with Crippen LogP contribution < -0.4 is 5.32 Å². The molecule has 0 aliphatic heterocycles. The molecule has 17 nitrogen and oxygen atoms in total. The maximum atomic E-state index is 11.5. The fourth-order valence-electron chi connectivity index (χ4n) is 3.38. The molecule has 0 heterocycles. The number of ether oxygens (including phenoxy) is 14. The van der Waals surface area contributed by atoms with Crippen LogP contribution in [0.3, 0.4) is 0 Å². The van der Waals surface area contributed by atoms with E-state index in [1.807, 2.05) is 20.8 Å². The van der Waals surface area contributed by atoms with Crippen LogP contribution in [-0.4, -0.2) is 189 Å². The molecule has 0 aromatic rings. The van der Waals surface area contributed by atoms with E-state index >= 15 is 0 Å². The van der Waals surface area contributed by atoms with Gasteiger partial charge in [0.05, 0.1) is 159 Å². The molecule has 0 saturated carbocycles. The first-order valence-corrected chi connectivity index (χ1v) is 17.9. The Hall–Kier alpha value is -2.00. The smallest absolute Gasteiger partial charge is 0.407 e. The summed E-state index contributed by atoms with van der Waals surface area (Å²) in [6, 6.07) is 0. The van der Waals surface area contributed by atoms with Gasteiger partial charge < -0.3 is 71.6 Å². The molecule has 52 heavy (non-hydrogen) atoms. The van der Waals surface area contributed by atoms with Crippen molar-refractivity contribution in [3.63, 3.8) is 0 Å². The van der Waals surface area contributed by atoms with Crippen LogP contribution in [0.25, 0.3) is 0 Å². The SMILES string of the molecule is C=C(C)C(=O)OCCOCCOCCOCCOCCOCCOCCOCCOCCOCCOCCOCCOCCNC(=O)OC(C)(C)C. The number of rotatable bonds is 40.